The van der Waals surface area contributed by atoms with Crippen molar-refractivity contribution in [3.05, 3.63) is 64.2 Å². The van der Waals surface area contributed by atoms with E-state index in [0.29, 0.717) is 12.1 Å². The van der Waals surface area contributed by atoms with Gasteiger partial charge in [-0.2, -0.15) is 13.2 Å². The molecule has 3 rings (SSSR count). The molecule has 0 saturated heterocycles. The van der Waals surface area contributed by atoms with E-state index in [4.69, 9.17) is 5.73 Å². The van der Waals surface area contributed by atoms with Crippen molar-refractivity contribution in [3.8, 4) is 11.1 Å². The van der Waals surface area contributed by atoms with Gasteiger partial charge in [0.15, 0.2) is 0 Å². The first-order valence-corrected chi connectivity index (χ1v) is 8.66. The molecule has 4 heteroatoms. The van der Waals surface area contributed by atoms with Gasteiger partial charge in [-0.05, 0) is 70.7 Å². The fourth-order valence-corrected chi connectivity index (χ4v) is 3.76. The molecular weight excluding hydrogens is 323 g/mol. The second-order valence-corrected chi connectivity index (χ2v) is 6.43. The molecule has 1 nitrogen and oxygen atoms in total. The zero-order chi connectivity index (χ0) is 18.0. The second-order valence-electron chi connectivity index (χ2n) is 6.43. The minimum atomic E-state index is -4.29. The summed E-state index contributed by atoms with van der Waals surface area (Å²) in [6, 6.07) is 9.43. The van der Waals surface area contributed by atoms with Gasteiger partial charge in [0.1, 0.15) is 0 Å². The number of nitrogens with two attached hydrogens (primary N) is 1. The molecule has 1 aliphatic carbocycles. The van der Waals surface area contributed by atoms with Crippen molar-refractivity contribution in [2.24, 2.45) is 5.73 Å². The Labute approximate surface area is 146 Å². The first-order chi connectivity index (χ1) is 11.9. The van der Waals surface area contributed by atoms with Crippen molar-refractivity contribution in [2.45, 2.75) is 45.3 Å². The van der Waals surface area contributed by atoms with Crippen LogP contribution in [-0.2, 0) is 25.8 Å². The van der Waals surface area contributed by atoms with Gasteiger partial charge in [0.2, 0.25) is 0 Å². The largest absolute Gasteiger partial charge is 0.409 e. The maximum atomic E-state index is 12.3. The summed E-state index contributed by atoms with van der Waals surface area (Å²) in [4.78, 5) is 0. The van der Waals surface area contributed by atoms with Gasteiger partial charge < -0.3 is 5.73 Å². The Morgan fingerprint density at radius 3 is 2.36 bits per heavy atom. The Balaban J connectivity index is 2.00. The Morgan fingerprint density at radius 1 is 1.08 bits per heavy atom. The predicted molar refractivity (Wildman–Crippen MR) is 96.3 cm³/mol. The van der Waals surface area contributed by atoms with Crippen LogP contribution >= 0.6 is 0 Å². The molecule has 2 N–H and O–H groups in total. The third kappa shape index (κ3) is 3.79. The summed E-state index contributed by atoms with van der Waals surface area (Å²) >= 11 is 0. The van der Waals surface area contributed by atoms with Gasteiger partial charge >= 0.3 is 6.18 Å². The number of rotatable bonds is 4. The smallest absolute Gasteiger partial charge is 0.326 e. The molecule has 0 unspecified atom stereocenters. The normalized spacial score (nSPS) is 14.3. The van der Waals surface area contributed by atoms with E-state index >= 15 is 0 Å². The van der Waals surface area contributed by atoms with E-state index in [1.807, 2.05) is 12.1 Å². The highest BCUT2D eigenvalue weighted by molar-refractivity contribution is 5.73. The molecule has 0 amide bonds. The lowest BCUT2D eigenvalue weighted by molar-refractivity contribution is -0.0790. The molecule has 25 heavy (non-hydrogen) atoms. The van der Waals surface area contributed by atoms with Crippen LogP contribution in [0.25, 0.3) is 17.2 Å². The molecule has 0 heterocycles. The summed E-state index contributed by atoms with van der Waals surface area (Å²) < 4.78 is 36.9. The van der Waals surface area contributed by atoms with E-state index in [9.17, 15) is 13.2 Å². The third-order valence-corrected chi connectivity index (χ3v) is 4.87. The highest BCUT2D eigenvalue weighted by Gasteiger charge is 2.22. The zero-order valence-electron chi connectivity index (χ0n) is 14.3. The fraction of sp³-hybridized carbons (Fsp3) is 0.333. The lowest BCUT2D eigenvalue weighted by atomic mass is 9.88. The van der Waals surface area contributed by atoms with Crippen molar-refractivity contribution in [3.63, 3.8) is 0 Å². The van der Waals surface area contributed by atoms with E-state index < -0.39 is 6.18 Å². The van der Waals surface area contributed by atoms with E-state index in [1.54, 1.807) is 12.1 Å². The zero-order valence-corrected chi connectivity index (χ0v) is 14.3. The maximum absolute atomic E-state index is 12.3. The van der Waals surface area contributed by atoms with Gasteiger partial charge in [0.25, 0.3) is 0 Å². The second kappa shape index (κ2) is 7.04. The molecule has 2 aromatic rings. The molecule has 132 valence electrons. The Hall–Kier alpha value is -2.07. The van der Waals surface area contributed by atoms with E-state index in [2.05, 4.69) is 13.0 Å². The topological polar surface area (TPSA) is 26.0 Å². The minimum absolute atomic E-state index is 0.266. The average molecular weight is 345 g/mol. The van der Waals surface area contributed by atoms with Crippen LogP contribution in [0.4, 0.5) is 13.2 Å². The predicted octanol–water partition coefficient (Wildman–Crippen LogP) is 5.44. The summed E-state index contributed by atoms with van der Waals surface area (Å²) in [5.41, 5.74) is 14.1. The van der Waals surface area contributed by atoms with Crippen molar-refractivity contribution in [1.82, 2.24) is 0 Å². The van der Waals surface area contributed by atoms with E-state index in [-0.39, 0.29) is 6.08 Å². The molecule has 0 aliphatic heterocycles. The molecule has 2 aromatic carbocycles. The third-order valence-electron chi connectivity index (χ3n) is 4.87. The van der Waals surface area contributed by atoms with Gasteiger partial charge in [0.05, 0.1) is 0 Å². The number of fused-ring (bicyclic) bond motifs is 1. The van der Waals surface area contributed by atoms with Gasteiger partial charge in [0, 0.05) is 12.6 Å². The molecule has 0 bridgehead atoms. The van der Waals surface area contributed by atoms with Crippen LogP contribution in [0.15, 0.2) is 36.4 Å². The molecule has 0 atom stereocenters. The summed E-state index contributed by atoms with van der Waals surface area (Å²) in [6.45, 7) is 2.67. The Kier molecular flexibility index (Phi) is 5.00. The maximum Gasteiger partial charge on any atom is 0.409 e. The van der Waals surface area contributed by atoms with Crippen LogP contribution in [-0.4, -0.2) is 6.18 Å². The lowest BCUT2D eigenvalue weighted by Gasteiger charge is -2.17. The monoisotopic (exact) mass is 345 g/mol. The van der Waals surface area contributed by atoms with E-state index in [0.717, 1.165) is 37.3 Å². The van der Waals surface area contributed by atoms with Crippen LogP contribution in [0.3, 0.4) is 0 Å². The highest BCUT2D eigenvalue weighted by atomic mass is 19.4. The fourth-order valence-electron chi connectivity index (χ4n) is 3.76. The Bertz CT molecular complexity index is 786. The summed E-state index contributed by atoms with van der Waals surface area (Å²) in [7, 11) is 0. The van der Waals surface area contributed by atoms with Crippen LogP contribution in [0, 0.1) is 0 Å². The number of alkyl halides is 3. The molecule has 0 fully saturated rings. The number of hydrogen-bond donors (Lipinski definition) is 1. The van der Waals surface area contributed by atoms with Crippen LogP contribution in [0.1, 0.15) is 41.2 Å². The molecule has 0 saturated carbocycles. The first-order valence-electron chi connectivity index (χ1n) is 8.66. The van der Waals surface area contributed by atoms with Gasteiger partial charge in [-0.15, -0.1) is 0 Å². The van der Waals surface area contributed by atoms with Gasteiger partial charge in [-0.1, -0.05) is 37.3 Å². The van der Waals surface area contributed by atoms with Crippen molar-refractivity contribution >= 4 is 6.08 Å². The number of hydrogen-bond acceptors (Lipinski definition) is 1. The number of allylic oxidation sites excluding steroid dienone is 1. The van der Waals surface area contributed by atoms with Crippen LogP contribution in [0.5, 0.6) is 0 Å². The first kappa shape index (κ1) is 17.7. The summed E-state index contributed by atoms with van der Waals surface area (Å²) in [5.74, 6) is 0. The van der Waals surface area contributed by atoms with Crippen LogP contribution < -0.4 is 5.73 Å². The minimum Gasteiger partial charge on any atom is -0.326 e. The lowest BCUT2D eigenvalue weighted by Crippen LogP contribution is -2.06. The van der Waals surface area contributed by atoms with Crippen molar-refractivity contribution in [1.29, 1.82) is 0 Å². The summed E-state index contributed by atoms with van der Waals surface area (Å²) in [6.07, 6.45) is 1.35. The van der Waals surface area contributed by atoms with Gasteiger partial charge in [-0.3, -0.25) is 0 Å². The highest BCUT2D eigenvalue weighted by Crippen LogP contribution is 2.37. The molecular formula is C21H22F3N. The Morgan fingerprint density at radius 2 is 1.76 bits per heavy atom. The molecule has 0 radical (unpaired) electrons. The molecule has 0 aromatic heterocycles. The van der Waals surface area contributed by atoms with Crippen molar-refractivity contribution in [2.75, 3.05) is 0 Å². The van der Waals surface area contributed by atoms with Crippen LogP contribution in [0.2, 0.25) is 0 Å². The van der Waals surface area contributed by atoms with Gasteiger partial charge in [-0.25, -0.2) is 0 Å². The average Bonchev–Trinajstić information content (AvgIpc) is 3.08. The van der Waals surface area contributed by atoms with Crippen molar-refractivity contribution < 1.29 is 13.2 Å². The van der Waals surface area contributed by atoms with E-state index in [1.165, 1.54) is 27.8 Å². The SMILES string of the molecule is CCc1c(CN)cc(-c2ccc(/C=C\C(F)(F)F)cc2)c2c1CCC2. The number of halogens is 3. The standard InChI is InChI=1S/C21H22F3N/c1-2-17-16(13-25)12-20(19-5-3-4-18(17)19)15-8-6-14(7-9-15)10-11-21(22,23)24/h6-12H,2-5,13,25H2,1H3/b11-10-. The molecule has 0 spiro atoms. The molecule has 1 aliphatic rings. The summed E-state index contributed by atoms with van der Waals surface area (Å²) in [5, 5.41) is 0. The number of benzene rings is 2. The quantitative estimate of drug-likeness (QED) is 0.784.